The van der Waals surface area contributed by atoms with Gasteiger partial charge in [0.05, 0.1) is 11.8 Å². The molecular weight excluding hydrogens is 392 g/mol. The number of hydrogen-bond donors (Lipinski definition) is 2. The number of benzene rings is 2. The van der Waals surface area contributed by atoms with Gasteiger partial charge in [-0.1, -0.05) is 52.0 Å². The molecule has 2 unspecified atom stereocenters. The van der Waals surface area contributed by atoms with Crippen molar-refractivity contribution in [1.82, 2.24) is 0 Å². The molecule has 0 aromatic heterocycles. The zero-order valence-electron chi connectivity index (χ0n) is 18.9. The molecule has 0 saturated heterocycles. The average molecular weight is 427 g/mol. The molecule has 5 nitrogen and oxygen atoms in total. The van der Waals surface area contributed by atoms with Gasteiger partial charge in [-0.2, -0.15) is 0 Å². The van der Waals surface area contributed by atoms with E-state index in [0.717, 1.165) is 12.8 Å². The Balaban J connectivity index is 2.50. The third-order valence-corrected chi connectivity index (χ3v) is 5.45. The SMILES string of the molecule is CC(C)CCC(C(=O)O)c1ccc(Oc2ccccc2)cc1C(CCC(C)C)C(=O)O. The predicted octanol–water partition coefficient (Wildman–Crippen LogP) is 6.69. The van der Waals surface area contributed by atoms with Gasteiger partial charge in [0.2, 0.25) is 0 Å². The molecule has 0 amide bonds. The van der Waals surface area contributed by atoms with E-state index < -0.39 is 23.8 Å². The standard InChI is InChI=1S/C26H34O5/c1-17(2)10-13-22(25(27)28)21-15-12-20(31-19-8-6-5-7-9-19)16-24(21)23(26(29)30)14-11-18(3)4/h5-9,12,15-18,22-23H,10-11,13-14H2,1-4H3,(H,27,28)(H,29,30). The summed E-state index contributed by atoms with van der Waals surface area (Å²) in [6.07, 6.45) is 2.41. The van der Waals surface area contributed by atoms with E-state index in [1.807, 2.05) is 30.3 Å². The van der Waals surface area contributed by atoms with Gasteiger partial charge in [0.25, 0.3) is 0 Å². The molecule has 0 heterocycles. The smallest absolute Gasteiger partial charge is 0.310 e. The largest absolute Gasteiger partial charge is 0.481 e. The fourth-order valence-electron chi connectivity index (χ4n) is 3.68. The van der Waals surface area contributed by atoms with Gasteiger partial charge in [-0.05, 0) is 72.9 Å². The number of para-hydroxylation sites is 1. The lowest BCUT2D eigenvalue weighted by Gasteiger charge is -2.23. The number of carboxylic acids is 2. The van der Waals surface area contributed by atoms with E-state index in [9.17, 15) is 19.8 Å². The van der Waals surface area contributed by atoms with Crippen molar-refractivity contribution in [3.8, 4) is 11.5 Å². The lowest BCUT2D eigenvalue weighted by Crippen LogP contribution is -2.20. The van der Waals surface area contributed by atoms with Crippen LogP contribution in [0.2, 0.25) is 0 Å². The van der Waals surface area contributed by atoms with Crippen LogP contribution in [-0.2, 0) is 9.59 Å². The van der Waals surface area contributed by atoms with Crippen LogP contribution in [0.15, 0.2) is 48.5 Å². The summed E-state index contributed by atoms with van der Waals surface area (Å²) in [6.45, 7) is 8.22. The maximum absolute atomic E-state index is 12.2. The van der Waals surface area contributed by atoms with Crippen LogP contribution in [0.25, 0.3) is 0 Å². The van der Waals surface area contributed by atoms with Crippen molar-refractivity contribution in [2.75, 3.05) is 0 Å². The lowest BCUT2D eigenvalue weighted by atomic mass is 9.81. The van der Waals surface area contributed by atoms with E-state index in [-0.39, 0.29) is 0 Å². The molecular formula is C26H34O5. The van der Waals surface area contributed by atoms with Gasteiger partial charge in [0.15, 0.2) is 0 Å². The van der Waals surface area contributed by atoms with Crippen molar-refractivity contribution >= 4 is 11.9 Å². The van der Waals surface area contributed by atoms with Crippen molar-refractivity contribution in [3.63, 3.8) is 0 Å². The molecule has 31 heavy (non-hydrogen) atoms. The quantitative estimate of drug-likeness (QED) is 0.395. The highest BCUT2D eigenvalue weighted by Gasteiger charge is 2.30. The zero-order valence-corrected chi connectivity index (χ0v) is 18.9. The summed E-state index contributed by atoms with van der Waals surface area (Å²) in [4.78, 5) is 24.3. The second-order valence-electron chi connectivity index (χ2n) is 8.93. The molecule has 0 aliphatic rings. The van der Waals surface area contributed by atoms with E-state index in [4.69, 9.17) is 4.74 Å². The summed E-state index contributed by atoms with van der Waals surface area (Å²) in [5, 5.41) is 19.9. The first-order valence-corrected chi connectivity index (χ1v) is 11.0. The van der Waals surface area contributed by atoms with Gasteiger partial charge in [-0.15, -0.1) is 0 Å². The first kappa shape index (κ1) is 24.4. The number of ether oxygens (including phenoxy) is 1. The maximum Gasteiger partial charge on any atom is 0.310 e. The van der Waals surface area contributed by atoms with Crippen LogP contribution < -0.4 is 4.74 Å². The van der Waals surface area contributed by atoms with E-state index in [1.165, 1.54) is 0 Å². The van der Waals surface area contributed by atoms with Gasteiger partial charge in [-0.25, -0.2) is 0 Å². The van der Waals surface area contributed by atoms with Crippen LogP contribution in [0, 0.1) is 11.8 Å². The van der Waals surface area contributed by atoms with E-state index in [1.54, 1.807) is 18.2 Å². The average Bonchev–Trinajstić information content (AvgIpc) is 2.69. The van der Waals surface area contributed by atoms with Crippen molar-refractivity contribution in [3.05, 3.63) is 59.7 Å². The topological polar surface area (TPSA) is 83.8 Å². The number of rotatable bonds is 12. The molecule has 2 aromatic rings. The van der Waals surface area contributed by atoms with Crippen LogP contribution in [0.5, 0.6) is 11.5 Å². The Hall–Kier alpha value is -2.82. The van der Waals surface area contributed by atoms with Gasteiger partial charge in [-0.3, -0.25) is 9.59 Å². The Morgan fingerprint density at radius 1 is 0.710 bits per heavy atom. The predicted molar refractivity (Wildman–Crippen MR) is 122 cm³/mol. The fourth-order valence-corrected chi connectivity index (χ4v) is 3.68. The molecule has 0 aliphatic carbocycles. The first-order chi connectivity index (χ1) is 14.7. The van der Waals surface area contributed by atoms with E-state index in [2.05, 4.69) is 27.7 Å². The highest BCUT2D eigenvalue weighted by molar-refractivity contribution is 5.81. The highest BCUT2D eigenvalue weighted by Crippen LogP contribution is 2.37. The summed E-state index contributed by atoms with van der Waals surface area (Å²) >= 11 is 0. The molecule has 0 radical (unpaired) electrons. The Labute approximate surface area is 185 Å². The molecule has 2 atom stereocenters. The van der Waals surface area contributed by atoms with Crippen molar-refractivity contribution in [1.29, 1.82) is 0 Å². The maximum atomic E-state index is 12.2. The molecule has 0 saturated carbocycles. The Morgan fingerprint density at radius 3 is 1.71 bits per heavy atom. The minimum atomic E-state index is -0.938. The summed E-state index contributed by atoms with van der Waals surface area (Å²) < 4.78 is 5.93. The lowest BCUT2D eigenvalue weighted by molar-refractivity contribution is -0.140. The monoisotopic (exact) mass is 426 g/mol. The molecule has 5 heteroatoms. The third-order valence-electron chi connectivity index (χ3n) is 5.45. The summed E-state index contributed by atoms with van der Waals surface area (Å²) in [5.41, 5.74) is 1.11. The van der Waals surface area contributed by atoms with Crippen LogP contribution in [0.1, 0.15) is 76.3 Å². The normalized spacial score (nSPS) is 13.2. The van der Waals surface area contributed by atoms with Gasteiger partial charge in [0, 0.05) is 0 Å². The summed E-state index contributed by atoms with van der Waals surface area (Å²) in [6, 6.07) is 14.4. The molecule has 0 fully saturated rings. The molecule has 0 bridgehead atoms. The first-order valence-electron chi connectivity index (χ1n) is 11.0. The van der Waals surface area contributed by atoms with Crippen LogP contribution in [-0.4, -0.2) is 22.2 Å². The Kier molecular flexibility index (Phi) is 9.10. The van der Waals surface area contributed by atoms with Crippen LogP contribution in [0.4, 0.5) is 0 Å². The van der Waals surface area contributed by atoms with Gasteiger partial charge in [0.1, 0.15) is 11.5 Å². The Morgan fingerprint density at radius 2 is 1.23 bits per heavy atom. The molecule has 0 aliphatic heterocycles. The zero-order chi connectivity index (χ0) is 23.0. The second kappa shape index (κ2) is 11.5. The van der Waals surface area contributed by atoms with Gasteiger partial charge < -0.3 is 14.9 Å². The minimum absolute atomic E-state index is 0.352. The van der Waals surface area contributed by atoms with Gasteiger partial charge >= 0.3 is 11.9 Å². The molecule has 2 aromatic carbocycles. The van der Waals surface area contributed by atoms with Crippen LogP contribution in [0.3, 0.4) is 0 Å². The summed E-state index contributed by atoms with van der Waals surface area (Å²) in [7, 11) is 0. The fraction of sp³-hybridized carbons (Fsp3) is 0.462. The van der Waals surface area contributed by atoms with Crippen LogP contribution >= 0.6 is 0 Å². The Bertz CT molecular complexity index is 857. The third kappa shape index (κ3) is 7.42. The number of carboxylic acid groups (broad SMARTS) is 2. The number of hydrogen-bond acceptors (Lipinski definition) is 3. The number of carbonyl (C=O) groups is 2. The van der Waals surface area contributed by atoms with E-state index in [0.29, 0.717) is 47.3 Å². The summed E-state index contributed by atoms with van der Waals surface area (Å²) in [5.74, 6) is -1.52. The second-order valence-corrected chi connectivity index (χ2v) is 8.93. The van der Waals surface area contributed by atoms with Crippen molar-refractivity contribution in [2.45, 2.75) is 65.2 Å². The van der Waals surface area contributed by atoms with Crippen molar-refractivity contribution < 1.29 is 24.5 Å². The molecule has 168 valence electrons. The van der Waals surface area contributed by atoms with Crippen molar-refractivity contribution in [2.24, 2.45) is 11.8 Å². The minimum Gasteiger partial charge on any atom is -0.481 e. The van der Waals surface area contributed by atoms with E-state index >= 15 is 0 Å². The molecule has 0 spiro atoms. The highest BCUT2D eigenvalue weighted by atomic mass is 16.5. The number of aliphatic carboxylic acids is 2. The molecule has 2 N–H and O–H groups in total. The molecule has 2 rings (SSSR count).